The van der Waals surface area contributed by atoms with E-state index in [-0.39, 0.29) is 28.2 Å². The summed E-state index contributed by atoms with van der Waals surface area (Å²) in [7, 11) is 0. The molecular formula is C29H20F9N5O4. The van der Waals surface area contributed by atoms with Crippen LogP contribution in [0.15, 0.2) is 84.9 Å². The van der Waals surface area contributed by atoms with Crippen molar-refractivity contribution in [2.75, 3.05) is 22.1 Å². The number of nitrogen functional groups attached to an aromatic ring is 2. The number of nitrogens with zero attached hydrogens (tertiary/aromatic N) is 1. The lowest BCUT2D eigenvalue weighted by atomic mass is 10.1. The Morgan fingerprint density at radius 3 is 1.43 bits per heavy atom. The van der Waals surface area contributed by atoms with Gasteiger partial charge in [0.25, 0.3) is 17.5 Å². The quantitative estimate of drug-likeness (QED) is 0.0729. The first-order valence-electron chi connectivity index (χ1n) is 12.6. The van der Waals surface area contributed by atoms with Crippen LogP contribution in [0, 0.1) is 10.1 Å². The summed E-state index contributed by atoms with van der Waals surface area (Å²) in [6, 6.07) is 14.0. The number of alkyl halides is 9. The van der Waals surface area contributed by atoms with Gasteiger partial charge in [-0.05, 0) is 60.7 Å². The Hall–Kier alpha value is -5.81. The van der Waals surface area contributed by atoms with Gasteiger partial charge in [-0.2, -0.15) is 39.5 Å². The van der Waals surface area contributed by atoms with Crippen LogP contribution in [-0.4, -0.2) is 16.7 Å². The van der Waals surface area contributed by atoms with Crippen LogP contribution in [0.1, 0.15) is 37.4 Å². The molecule has 0 heterocycles. The van der Waals surface area contributed by atoms with E-state index in [4.69, 9.17) is 11.5 Å². The SMILES string of the molecule is Nc1ccc(NC(=O)c2cccc(C(F)(F)F)c2)cc1C(F)(F)F.Nc1ccc(NC(=O)c2cccc([N+](=O)[O-])c2)cc1C(F)(F)F. The number of carbonyl (C=O) groups excluding carboxylic acids is 2. The van der Waals surface area contributed by atoms with Gasteiger partial charge in [-0.1, -0.05) is 12.1 Å². The van der Waals surface area contributed by atoms with Gasteiger partial charge in [0.05, 0.1) is 21.6 Å². The maximum atomic E-state index is 12.8. The summed E-state index contributed by atoms with van der Waals surface area (Å²) in [6.07, 6.45) is -14.0. The molecule has 47 heavy (non-hydrogen) atoms. The number of rotatable bonds is 5. The molecule has 248 valence electrons. The summed E-state index contributed by atoms with van der Waals surface area (Å²) in [4.78, 5) is 33.9. The van der Waals surface area contributed by atoms with Crippen molar-refractivity contribution < 1.29 is 54.0 Å². The highest BCUT2D eigenvalue weighted by molar-refractivity contribution is 6.05. The van der Waals surface area contributed by atoms with E-state index in [0.717, 1.165) is 42.5 Å². The molecule has 0 bridgehead atoms. The van der Waals surface area contributed by atoms with E-state index in [1.54, 1.807) is 0 Å². The van der Waals surface area contributed by atoms with Gasteiger partial charge in [-0.15, -0.1) is 0 Å². The van der Waals surface area contributed by atoms with Crippen LogP contribution in [0.5, 0.6) is 0 Å². The first-order chi connectivity index (χ1) is 21.7. The van der Waals surface area contributed by atoms with Crippen molar-refractivity contribution in [3.63, 3.8) is 0 Å². The molecule has 0 saturated heterocycles. The second kappa shape index (κ2) is 13.7. The van der Waals surface area contributed by atoms with Gasteiger partial charge < -0.3 is 22.1 Å². The largest absolute Gasteiger partial charge is 0.418 e. The van der Waals surface area contributed by atoms with Crippen molar-refractivity contribution in [1.82, 2.24) is 0 Å². The molecule has 0 aliphatic heterocycles. The monoisotopic (exact) mass is 673 g/mol. The number of benzene rings is 4. The van der Waals surface area contributed by atoms with Gasteiger partial charge in [0.2, 0.25) is 0 Å². The minimum atomic E-state index is -4.72. The lowest BCUT2D eigenvalue weighted by molar-refractivity contribution is -0.384. The molecule has 0 aromatic heterocycles. The first kappa shape index (κ1) is 35.7. The molecule has 0 atom stereocenters. The zero-order chi connectivity index (χ0) is 35.3. The summed E-state index contributed by atoms with van der Waals surface area (Å²) in [5.74, 6) is -1.74. The molecule has 4 rings (SSSR count). The molecule has 4 aromatic carbocycles. The standard InChI is InChI=1S/C15H10F6N2O.C14H10F3N3O3/c16-14(17,18)9-3-1-2-8(6-9)13(24)23-10-4-5-12(22)11(7-10)15(19,20)21;15-14(16,17)11-7-9(4-5-12(11)18)19-13(21)8-2-1-3-10(6-8)20(22)23/h1-7H,22H2,(H,23,24);1-7H,18H2,(H,19,21). The molecule has 4 aromatic rings. The minimum absolute atomic E-state index is 0.0513. The topological polar surface area (TPSA) is 153 Å². The van der Waals surface area contributed by atoms with Gasteiger partial charge in [-0.25, -0.2) is 0 Å². The van der Waals surface area contributed by atoms with Crippen LogP contribution < -0.4 is 22.1 Å². The van der Waals surface area contributed by atoms with Crippen LogP contribution in [-0.2, 0) is 18.5 Å². The van der Waals surface area contributed by atoms with Crippen molar-refractivity contribution in [3.05, 3.63) is 123 Å². The predicted octanol–water partition coefficient (Wildman–Crippen LogP) is 8.01. The average molecular weight is 673 g/mol. The lowest BCUT2D eigenvalue weighted by Crippen LogP contribution is -2.15. The van der Waals surface area contributed by atoms with Crippen molar-refractivity contribution >= 4 is 40.3 Å². The Balaban J connectivity index is 0.000000256. The fourth-order valence-electron chi connectivity index (χ4n) is 3.76. The van der Waals surface area contributed by atoms with E-state index in [2.05, 4.69) is 10.6 Å². The zero-order valence-electron chi connectivity index (χ0n) is 23.2. The normalized spacial score (nSPS) is 11.6. The van der Waals surface area contributed by atoms with Crippen LogP contribution in [0.2, 0.25) is 0 Å². The number of nitrogens with two attached hydrogens (primary N) is 2. The highest BCUT2D eigenvalue weighted by Gasteiger charge is 2.34. The summed E-state index contributed by atoms with van der Waals surface area (Å²) in [5.41, 5.74) is 5.19. The molecular weight excluding hydrogens is 653 g/mol. The highest BCUT2D eigenvalue weighted by atomic mass is 19.4. The Morgan fingerprint density at radius 1 is 0.596 bits per heavy atom. The van der Waals surface area contributed by atoms with Crippen molar-refractivity contribution in [2.45, 2.75) is 18.5 Å². The molecule has 0 unspecified atom stereocenters. The molecule has 0 aliphatic carbocycles. The molecule has 0 spiro atoms. The molecule has 0 fully saturated rings. The van der Waals surface area contributed by atoms with Crippen molar-refractivity contribution in [3.8, 4) is 0 Å². The van der Waals surface area contributed by atoms with Gasteiger partial charge >= 0.3 is 18.5 Å². The van der Waals surface area contributed by atoms with Crippen LogP contribution in [0.25, 0.3) is 0 Å². The number of halogens is 9. The smallest absolute Gasteiger partial charge is 0.398 e. The Bertz CT molecular complexity index is 1810. The number of nitro groups is 1. The molecule has 6 N–H and O–H groups in total. The zero-order valence-corrected chi connectivity index (χ0v) is 23.2. The van der Waals surface area contributed by atoms with E-state index < -0.39 is 63.3 Å². The van der Waals surface area contributed by atoms with E-state index in [1.807, 2.05) is 0 Å². The summed E-state index contributed by atoms with van der Waals surface area (Å²) in [5, 5.41) is 15.0. The molecule has 2 amide bonds. The lowest BCUT2D eigenvalue weighted by Gasteiger charge is -2.13. The Morgan fingerprint density at radius 2 is 1.02 bits per heavy atom. The minimum Gasteiger partial charge on any atom is -0.398 e. The van der Waals surface area contributed by atoms with E-state index >= 15 is 0 Å². The fourth-order valence-corrected chi connectivity index (χ4v) is 3.76. The number of non-ortho nitro benzene ring substituents is 1. The predicted molar refractivity (Wildman–Crippen MR) is 152 cm³/mol. The third-order valence-corrected chi connectivity index (χ3v) is 6.00. The number of hydrogen-bond donors (Lipinski definition) is 4. The van der Waals surface area contributed by atoms with Crippen LogP contribution >= 0.6 is 0 Å². The van der Waals surface area contributed by atoms with Gasteiger partial charge in [0, 0.05) is 46.0 Å². The second-order valence-corrected chi connectivity index (χ2v) is 9.39. The number of hydrogen-bond acceptors (Lipinski definition) is 6. The second-order valence-electron chi connectivity index (χ2n) is 9.39. The molecule has 0 saturated carbocycles. The van der Waals surface area contributed by atoms with Gasteiger partial charge in [0.1, 0.15) is 0 Å². The van der Waals surface area contributed by atoms with Crippen LogP contribution in [0.3, 0.4) is 0 Å². The van der Waals surface area contributed by atoms with E-state index in [0.29, 0.717) is 18.2 Å². The molecule has 0 radical (unpaired) electrons. The molecule has 9 nitrogen and oxygen atoms in total. The number of amides is 2. The maximum absolute atomic E-state index is 12.8. The van der Waals surface area contributed by atoms with Crippen molar-refractivity contribution in [2.24, 2.45) is 0 Å². The summed E-state index contributed by atoms with van der Waals surface area (Å²) < 4.78 is 114. The first-order valence-corrected chi connectivity index (χ1v) is 12.6. The molecule has 0 aliphatic rings. The van der Waals surface area contributed by atoms with Crippen LogP contribution in [0.4, 0.5) is 68.0 Å². The number of anilines is 4. The average Bonchev–Trinajstić information content (AvgIpc) is 2.98. The van der Waals surface area contributed by atoms with Gasteiger partial charge in [0.15, 0.2) is 0 Å². The summed E-state index contributed by atoms with van der Waals surface area (Å²) >= 11 is 0. The highest BCUT2D eigenvalue weighted by Crippen LogP contribution is 2.36. The number of carbonyl (C=O) groups is 2. The molecule has 18 heteroatoms. The Labute approximate surface area is 258 Å². The number of nitro benzene ring substituents is 1. The third kappa shape index (κ3) is 9.59. The van der Waals surface area contributed by atoms with E-state index in [1.165, 1.54) is 24.3 Å². The maximum Gasteiger partial charge on any atom is 0.418 e. The number of nitrogens with one attached hydrogen (secondary N) is 2. The van der Waals surface area contributed by atoms with Crippen molar-refractivity contribution in [1.29, 1.82) is 0 Å². The Kier molecular flexibility index (Phi) is 10.4. The fraction of sp³-hybridized carbons (Fsp3) is 0.103. The van der Waals surface area contributed by atoms with E-state index in [9.17, 15) is 59.2 Å². The summed E-state index contributed by atoms with van der Waals surface area (Å²) in [6.45, 7) is 0. The third-order valence-electron chi connectivity index (χ3n) is 6.00. The van der Waals surface area contributed by atoms with Gasteiger partial charge in [-0.3, -0.25) is 19.7 Å².